The molecule has 1 heterocycles. The Bertz CT molecular complexity index is 394. The number of nitrogens with zero attached hydrogens (tertiary/aromatic N) is 1. The molecule has 0 spiro atoms. The lowest BCUT2D eigenvalue weighted by Gasteiger charge is -2.10. The number of amides is 1. The Balaban J connectivity index is 2.37. The summed E-state index contributed by atoms with van der Waals surface area (Å²) in [4.78, 5) is 16.8. The molecule has 0 aliphatic carbocycles. The van der Waals surface area contributed by atoms with E-state index in [1.54, 1.807) is 17.5 Å². The number of carbonyl (C=O) groups is 1. The van der Waals surface area contributed by atoms with E-state index in [-0.39, 0.29) is 18.5 Å². The van der Waals surface area contributed by atoms with Gasteiger partial charge in [0.1, 0.15) is 5.01 Å². The second-order valence-electron chi connectivity index (χ2n) is 3.41. The summed E-state index contributed by atoms with van der Waals surface area (Å²) < 4.78 is 0. The summed E-state index contributed by atoms with van der Waals surface area (Å²) in [6.07, 6.45) is 6.86. The monoisotopic (exact) mass is 237 g/mol. The molecule has 2 N–H and O–H groups in total. The smallest absolute Gasteiger partial charge is 0.234 e. The first-order chi connectivity index (χ1) is 7.63. The lowest BCUT2D eigenvalue weighted by atomic mass is 10.3. The highest BCUT2D eigenvalue weighted by Crippen LogP contribution is 2.18. The molecule has 1 atom stereocenters. The molecular formula is C11H15N3OS. The summed E-state index contributed by atoms with van der Waals surface area (Å²) in [7, 11) is 0. The lowest BCUT2D eigenvalue weighted by molar-refractivity contribution is -0.120. The predicted octanol–water partition coefficient (Wildman–Crippen LogP) is 0.852. The Labute approximate surface area is 99.5 Å². The molecule has 1 aromatic rings. The third kappa shape index (κ3) is 4.01. The molecule has 0 fully saturated rings. The van der Waals surface area contributed by atoms with Gasteiger partial charge >= 0.3 is 0 Å². The van der Waals surface area contributed by atoms with E-state index in [0.717, 1.165) is 9.88 Å². The van der Waals surface area contributed by atoms with Crippen LogP contribution in [0.15, 0.2) is 6.20 Å². The van der Waals surface area contributed by atoms with Gasteiger partial charge in [-0.1, -0.05) is 5.92 Å². The van der Waals surface area contributed by atoms with Crippen LogP contribution in [0.4, 0.5) is 0 Å². The fourth-order valence-electron chi connectivity index (χ4n) is 1.17. The zero-order valence-corrected chi connectivity index (χ0v) is 10.2. The van der Waals surface area contributed by atoms with Gasteiger partial charge in [-0.05, 0) is 13.8 Å². The Hall–Kier alpha value is -1.38. The molecule has 1 amide bonds. The quantitative estimate of drug-likeness (QED) is 0.590. The van der Waals surface area contributed by atoms with E-state index in [1.165, 1.54) is 0 Å². The zero-order chi connectivity index (χ0) is 12.0. The van der Waals surface area contributed by atoms with E-state index >= 15 is 0 Å². The number of aromatic nitrogens is 1. The van der Waals surface area contributed by atoms with E-state index in [1.807, 2.05) is 13.8 Å². The maximum atomic E-state index is 11.4. The average Bonchev–Trinajstić information content (AvgIpc) is 2.65. The molecule has 5 heteroatoms. The van der Waals surface area contributed by atoms with Crippen molar-refractivity contribution in [1.82, 2.24) is 15.6 Å². The van der Waals surface area contributed by atoms with Gasteiger partial charge in [0.05, 0.1) is 19.1 Å². The second-order valence-corrected chi connectivity index (χ2v) is 4.67. The molecule has 0 aliphatic heterocycles. The third-order valence-electron chi connectivity index (χ3n) is 1.90. The largest absolute Gasteiger partial charge is 0.346 e. The Morgan fingerprint density at radius 2 is 2.50 bits per heavy atom. The molecule has 0 bridgehead atoms. The van der Waals surface area contributed by atoms with E-state index in [4.69, 9.17) is 6.42 Å². The van der Waals surface area contributed by atoms with Crippen molar-refractivity contribution in [1.29, 1.82) is 0 Å². The van der Waals surface area contributed by atoms with Crippen LogP contribution in [0.5, 0.6) is 0 Å². The van der Waals surface area contributed by atoms with Crippen LogP contribution < -0.4 is 10.6 Å². The van der Waals surface area contributed by atoms with Crippen LogP contribution in [0.25, 0.3) is 0 Å². The Morgan fingerprint density at radius 3 is 3.06 bits per heavy atom. The van der Waals surface area contributed by atoms with Gasteiger partial charge in [0.15, 0.2) is 0 Å². The van der Waals surface area contributed by atoms with Gasteiger partial charge in [0.25, 0.3) is 0 Å². The van der Waals surface area contributed by atoms with Crippen molar-refractivity contribution in [2.24, 2.45) is 0 Å². The van der Waals surface area contributed by atoms with Crippen molar-refractivity contribution in [2.75, 3.05) is 13.1 Å². The van der Waals surface area contributed by atoms with Crippen molar-refractivity contribution < 1.29 is 4.79 Å². The normalized spacial score (nSPS) is 11.8. The maximum absolute atomic E-state index is 11.4. The SMILES string of the molecule is C#CCNCC(=O)NC(C)c1ncc(C)s1. The van der Waals surface area contributed by atoms with Gasteiger partial charge in [-0.15, -0.1) is 17.8 Å². The summed E-state index contributed by atoms with van der Waals surface area (Å²) >= 11 is 1.59. The molecule has 1 aromatic heterocycles. The van der Waals surface area contributed by atoms with Crippen molar-refractivity contribution >= 4 is 17.2 Å². The molecule has 0 saturated heterocycles. The standard InChI is InChI=1S/C11H15N3OS/c1-4-5-12-7-10(15)14-9(3)11-13-6-8(2)16-11/h1,6,9,12H,5,7H2,2-3H3,(H,14,15). The van der Waals surface area contributed by atoms with Crippen LogP contribution in [-0.2, 0) is 4.79 Å². The highest BCUT2D eigenvalue weighted by atomic mass is 32.1. The maximum Gasteiger partial charge on any atom is 0.234 e. The van der Waals surface area contributed by atoms with Crippen molar-refractivity contribution in [3.8, 4) is 12.3 Å². The van der Waals surface area contributed by atoms with Crippen LogP contribution in [0.3, 0.4) is 0 Å². The summed E-state index contributed by atoms with van der Waals surface area (Å²) in [5.41, 5.74) is 0. The van der Waals surface area contributed by atoms with Crippen LogP contribution in [0, 0.1) is 19.3 Å². The highest BCUT2D eigenvalue weighted by molar-refractivity contribution is 7.11. The fraction of sp³-hybridized carbons (Fsp3) is 0.455. The van der Waals surface area contributed by atoms with Gasteiger partial charge < -0.3 is 5.32 Å². The first-order valence-electron chi connectivity index (χ1n) is 4.99. The summed E-state index contributed by atoms with van der Waals surface area (Å²) in [6.45, 7) is 4.54. The summed E-state index contributed by atoms with van der Waals surface area (Å²) in [5, 5.41) is 6.60. The number of carbonyl (C=O) groups excluding carboxylic acids is 1. The second kappa shape index (κ2) is 6.26. The number of thiazole rings is 1. The first-order valence-corrected chi connectivity index (χ1v) is 5.81. The highest BCUT2D eigenvalue weighted by Gasteiger charge is 2.11. The van der Waals surface area contributed by atoms with E-state index < -0.39 is 0 Å². The number of nitrogens with one attached hydrogen (secondary N) is 2. The molecule has 86 valence electrons. The molecule has 16 heavy (non-hydrogen) atoms. The Morgan fingerprint density at radius 1 is 1.75 bits per heavy atom. The van der Waals surface area contributed by atoms with Crippen LogP contribution in [-0.4, -0.2) is 24.0 Å². The van der Waals surface area contributed by atoms with Crippen LogP contribution >= 0.6 is 11.3 Å². The molecule has 1 unspecified atom stereocenters. The van der Waals surface area contributed by atoms with Crippen LogP contribution in [0.1, 0.15) is 22.9 Å². The van der Waals surface area contributed by atoms with Crippen molar-refractivity contribution in [3.63, 3.8) is 0 Å². The van der Waals surface area contributed by atoms with Crippen molar-refractivity contribution in [2.45, 2.75) is 19.9 Å². The molecule has 4 nitrogen and oxygen atoms in total. The predicted molar refractivity (Wildman–Crippen MR) is 65.1 cm³/mol. The average molecular weight is 237 g/mol. The molecule has 0 aliphatic rings. The van der Waals surface area contributed by atoms with Gasteiger partial charge in [-0.25, -0.2) is 4.98 Å². The van der Waals surface area contributed by atoms with Gasteiger partial charge in [-0.3, -0.25) is 10.1 Å². The zero-order valence-electron chi connectivity index (χ0n) is 9.41. The molecule has 0 radical (unpaired) electrons. The number of rotatable bonds is 5. The van der Waals surface area contributed by atoms with E-state index in [9.17, 15) is 4.79 Å². The number of terminal acetylenes is 1. The number of hydrogen-bond donors (Lipinski definition) is 2. The van der Waals surface area contributed by atoms with Crippen molar-refractivity contribution in [3.05, 3.63) is 16.1 Å². The summed E-state index contributed by atoms with van der Waals surface area (Å²) in [6, 6.07) is -0.0566. The minimum Gasteiger partial charge on any atom is -0.346 e. The minimum atomic E-state index is -0.0735. The lowest BCUT2D eigenvalue weighted by Crippen LogP contribution is -2.35. The van der Waals surface area contributed by atoms with E-state index in [2.05, 4.69) is 21.5 Å². The van der Waals surface area contributed by atoms with Gasteiger partial charge in [0, 0.05) is 11.1 Å². The van der Waals surface area contributed by atoms with Gasteiger partial charge in [0.2, 0.25) is 5.91 Å². The number of hydrogen-bond acceptors (Lipinski definition) is 4. The van der Waals surface area contributed by atoms with Crippen LogP contribution in [0.2, 0.25) is 0 Å². The third-order valence-corrected chi connectivity index (χ3v) is 3.00. The fourth-order valence-corrected chi connectivity index (χ4v) is 1.95. The molecule has 0 saturated carbocycles. The molecule has 0 aromatic carbocycles. The van der Waals surface area contributed by atoms with Gasteiger partial charge in [-0.2, -0.15) is 0 Å². The first kappa shape index (κ1) is 12.7. The van der Waals surface area contributed by atoms with E-state index in [0.29, 0.717) is 6.54 Å². The Kier molecular flexibility index (Phi) is 4.96. The summed E-state index contributed by atoms with van der Waals surface area (Å²) in [5.74, 6) is 2.34. The topological polar surface area (TPSA) is 54.0 Å². The minimum absolute atomic E-state index is 0.0566. The molecular weight excluding hydrogens is 222 g/mol. The number of aryl methyl sites for hydroxylation is 1. The molecule has 1 rings (SSSR count).